The fourth-order valence-electron chi connectivity index (χ4n) is 3.76. The Bertz CT molecular complexity index is 588. The van der Waals surface area contributed by atoms with Gasteiger partial charge in [-0.15, -0.1) is 24.0 Å². The molecule has 0 spiro atoms. The van der Waals surface area contributed by atoms with Gasteiger partial charge >= 0.3 is 0 Å². The number of aliphatic imine (C=N–C) groups is 1. The van der Waals surface area contributed by atoms with Gasteiger partial charge in [-0.2, -0.15) is 0 Å². The molecule has 0 bridgehead atoms. The fraction of sp³-hybridized carbons (Fsp3) is 0.696. The van der Waals surface area contributed by atoms with Crippen LogP contribution in [0.4, 0.5) is 0 Å². The molecule has 29 heavy (non-hydrogen) atoms. The van der Waals surface area contributed by atoms with Gasteiger partial charge in [-0.3, -0.25) is 4.99 Å². The van der Waals surface area contributed by atoms with Crippen LogP contribution in [-0.4, -0.2) is 44.3 Å². The van der Waals surface area contributed by atoms with Gasteiger partial charge in [-0.05, 0) is 51.0 Å². The Labute approximate surface area is 194 Å². The van der Waals surface area contributed by atoms with E-state index < -0.39 is 0 Å². The smallest absolute Gasteiger partial charge is 0.191 e. The molecule has 2 rings (SSSR count). The highest BCUT2D eigenvalue weighted by atomic mass is 127. The van der Waals surface area contributed by atoms with Crippen LogP contribution < -0.4 is 16.0 Å². The van der Waals surface area contributed by atoms with Crippen LogP contribution >= 0.6 is 24.0 Å². The van der Waals surface area contributed by atoms with Crippen LogP contribution in [0.5, 0.6) is 0 Å². The Kier molecular flexibility index (Phi) is 12.1. The molecule has 1 aromatic carbocycles. The van der Waals surface area contributed by atoms with Gasteiger partial charge in [-0.25, -0.2) is 0 Å². The Balaban J connectivity index is 0.00000420. The van der Waals surface area contributed by atoms with Crippen molar-refractivity contribution in [2.24, 2.45) is 10.9 Å². The van der Waals surface area contributed by atoms with Crippen molar-refractivity contribution < 1.29 is 4.74 Å². The van der Waals surface area contributed by atoms with Crippen molar-refractivity contribution in [2.75, 3.05) is 26.8 Å². The second kappa shape index (κ2) is 13.4. The number of guanidine groups is 1. The number of nitrogens with one attached hydrogen (secondary N) is 3. The average Bonchev–Trinajstić information content (AvgIpc) is 2.71. The van der Waals surface area contributed by atoms with Crippen molar-refractivity contribution in [1.29, 1.82) is 0 Å². The lowest BCUT2D eigenvalue weighted by molar-refractivity contribution is 0.0354. The maximum atomic E-state index is 5.65. The first kappa shape index (κ1) is 26.2. The third-order valence-electron chi connectivity index (χ3n) is 5.65. The van der Waals surface area contributed by atoms with E-state index in [-0.39, 0.29) is 29.5 Å². The van der Waals surface area contributed by atoms with Crippen molar-refractivity contribution in [1.82, 2.24) is 16.0 Å². The average molecular weight is 517 g/mol. The SMILES string of the molecule is CN=C(NCC1(NC(C)c2ccccc2)CCOCC1)NC(C)CCC(C)C.I. The molecule has 1 heterocycles. The van der Waals surface area contributed by atoms with Gasteiger partial charge in [0.2, 0.25) is 0 Å². The zero-order valence-electron chi connectivity index (χ0n) is 18.8. The largest absolute Gasteiger partial charge is 0.381 e. The summed E-state index contributed by atoms with van der Waals surface area (Å²) in [5, 5.41) is 11.0. The zero-order valence-corrected chi connectivity index (χ0v) is 21.2. The van der Waals surface area contributed by atoms with Gasteiger partial charge < -0.3 is 20.7 Å². The minimum absolute atomic E-state index is 0. The second-order valence-corrected chi connectivity index (χ2v) is 8.61. The summed E-state index contributed by atoms with van der Waals surface area (Å²) in [6, 6.07) is 11.4. The van der Waals surface area contributed by atoms with E-state index in [4.69, 9.17) is 4.74 Å². The molecule has 1 aliphatic rings. The third kappa shape index (κ3) is 9.22. The molecule has 5 nitrogen and oxygen atoms in total. The van der Waals surface area contributed by atoms with Crippen LogP contribution in [-0.2, 0) is 4.74 Å². The van der Waals surface area contributed by atoms with Crippen molar-refractivity contribution in [3.8, 4) is 0 Å². The highest BCUT2D eigenvalue weighted by Crippen LogP contribution is 2.25. The molecule has 2 atom stereocenters. The van der Waals surface area contributed by atoms with Crippen LogP contribution in [0.1, 0.15) is 65.0 Å². The summed E-state index contributed by atoms with van der Waals surface area (Å²) in [5.74, 6) is 1.62. The molecule has 1 aliphatic heterocycles. The molecule has 0 aromatic heterocycles. The van der Waals surface area contributed by atoms with Crippen molar-refractivity contribution >= 4 is 29.9 Å². The molecule has 1 fully saturated rings. The zero-order chi connectivity index (χ0) is 20.4. The lowest BCUT2D eigenvalue weighted by atomic mass is 9.88. The summed E-state index contributed by atoms with van der Waals surface area (Å²) < 4.78 is 5.65. The molecular weight excluding hydrogens is 475 g/mol. The predicted octanol–water partition coefficient (Wildman–Crippen LogP) is 4.49. The normalized spacial score (nSPS) is 18.6. The van der Waals surface area contributed by atoms with E-state index in [1.54, 1.807) is 0 Å². The van der Waals surface area contributed by atoms with Gasteiger partial charge in [-0.1, -0.05) is 44.2 Å². The van der Waals surface area contributed by atoms with E-state index in [0.717, 1.165) is 50.9 Å². The van der Waals surface area contributed by atoms with Crippen LogP contribution in [0.15, 0.2) is 35.3 Å². The van der Waals surface area contributed by atoms with Crippen molar-refractivity contribution in [3.05, 3.63) is 35.9 Å². The predicted molar refractivity (Wildman–Crippen MR) is 134 cm³/mol. The molecule has 1 saturated heterocycles. The highest BCUT2D eigenvalue weighted by molar-refractivity contribution is 14.0. The van der Waals surface area contributed by atoms with Gasteiger partial charge in [0.1, 0.15) is 0 Å². The summed E-state index contributed by atoms with van der Waals surface area (Å²) in [7, 11) is 1.85. The molecule has 6 heteroatoms. The molecule has 0 aliphatic carbocycles. The summed E-state index contributed by atoms with van der Waals surface area (Å²) in [4.78, 5) is 4.44. The van der Waals surface area contributed by atoms with Crippen LogP contribution in [0, 0.1) is 5.92 Å². The number of hydrogen-bond acceptors (Lipinski definition) is 3. The molecule has 1 aromatic rings. The maximum Gasteiger partial charge on any atom is 0.191 e. The molecule has 0 amide bonds. The summed E-state index contributed by atoms with van der Waals surface area (Å²) in [6.07, 6.45) is 4.37. The fourth-order valence-corrected chi connectivity index (χ4v) is 3.76. The third-order valence-corrected chi connectivity index (χ3v) is 5.65. The Morgan fingerprint density at radius 3 is 2.31 bits per heavy atom. The number of hydrogen-bond donors (Lipinski definition) is 3. The summed E-state index contributed by atoms with van der Waals surface area (Å²) >= 11 is 0. The molecule has 166 valence electrons. The maximum absolute atomic E-state index is 5.65. The quantitative estimate of drug-likeness (QED) is 0.257. The number of benzene rings is 1. The van der Waals surface area contributed by atoms with Gasteiger partial charge in [0, 0.05) is 44.4 Å². The number of ether oxygens (including phenoxy) is 1. The molecular formula is C23H41IN4O. The van der Waals surface area contributed by atoms with E-state index in [2.05, 4.69) is 79.0 Å². The minimum atomic E-state index is 0. The topological polar surface area (TPSA) is 57.7 Å². The van der Waals surface area contributed by atoms with E-state index >= 15 is 0 Å². The first-order chi connectivity index (χ1) is 13.4. The summed E-state index contributed by atoms with van der Waals surface area (Å²) in [6.45, 7) is 11.5. The first-order valence-corrected chi connectivity index (χ1v) is 10.8. The first-order valence-electron chi connectivity index (χ1n) is 10.8. The van der Waals surface area contributed by atoms with E-state index in [1.807, 2.05) is 7.05 Å². The van der Waals surface area contributed by atoms with Gasteiger partial charge in [0.25, 0.3) is 0 Å². The van der Waals surface area contributed by atoms with Gasteiger partial charge in [0.15, 0.2) is 5.96 Å². The lowest BCUT2D eigenvalue weighted by Crippen LogP contribution is -2.58. The number of halogens is 1. The summed E-state index contributed by atoms with van der Waals surface area (Å²) in [5.41, 5.74) is 1.32. The minimum Gasteiger partial charge on any atom is -0.381 e. The van der Waals surface area contributed by atoms with E-state index in [1.165, 1.54) is 12.0 Å². The van der Waals surface area contributed by atoms with Crippen molar-refractivity contribution in [2.45, 2.75) is 71.0 Å². The van der Waals surface area contributed by atoms with E-state index in [9.17, 15) is 0 Å². The number of rotatable bonds is 9. The number of nitrogens with zero attached hydrogens (tertiary/aromatic N) is 1. The Morgan fingerprint density at radius 1 is 1.07 bits per heavy atom. The standard InChI is InChI=1S/C23H40N4O.HI/c1-18(2)11-12-19(3)26-22(24-5)25-17-23(13-15-28-16-14-23)27-20(4)21-9-7-6-8-10-21;/h6-10,18-20,27H,11-17H2,1-5H3,(H2,24,25,26);1H. The molecule has 0 saturated carbocycles. The van der Waals surface area contributed by atoms with Crippen LogP contribution in [0.25, 0.3) is 0 Å². The van der Waals surface area contributed by atoms with Gasteiger partial charge in [0.05, 0.1) is 0 Å². The Hall–Kier alpha value is -0.860. The molecule has 3 N–H and O–H groups in total. The highest BCUT2D eigenvalue weighted by Gasteiger charge is 2.34. The second-order valence-electron chi connectivity index (χ2n) is 8.61. The van der Waals surface area contributed by atoms with E-state index in [0.29, 0.717) is 12.1 Å². The Morgan fingerprint density at radius 2 is 1.72 bits per heavy atom. The molecule has 2 unspecified atom stereocenters. The monoisotopic (exact) mass is 516 g/mol. The lowest BCUT2D eigenvalue weighted by Gasteiger charge is -2.41. The van der Waals surface area contributed by atoms with Crippen LogP contribution in [0.3, 0.4) is 0 Å². The van der Waals surface area contributed by atoms with Crippen LogP contribution in [0.2, 0.25) is 0 Å². The molecule has 0 radical (unpaired) electrons. The van der Waals surface area contributed by atoms with Crippen molar-refractivity contribution in [3.63, 3.8) is 0 Å².